The number of nitrogens with one attached hydrogen (secondary N) is 1. The number of aliphatic hydroxyl groups is 1. The molecule has 1 aliphatic rings. The molecule has 106 valence electrons. The van der Waals surface area contributed by atoms with Gasteiger partial charge in [-0.1, -0.05) is 28.1 Å². The van der Waals surface area contributed by atoms with Crippen LogP contribution in [-0.4, -0.2) is 37.2 Å². The quantitative estimate of drug-likeness (QED) is 0.866. The topological polar surface area (TPSA) is 66.4 Å². The summed E-state index contributed by atoms with van der Waals surface area (Å²) in [5.41, 5.74) is 0.820. The fourth-order valence-electron chi connectivity index (χ4n) is 2.49. The van der Waals surface area contributed by atoms with Crippen LogP contribution in [0, 0.1) is 0 Å². The Morgan fingerprint density at radius 2 is 1.80 bits per heavy atom. The van der Waals surface area contributed by atoms with Gasteiger partial charge in [-0.15, -0.1) is 0 Å². The van der Waals surface area contributed by atoms with Gasteiger partial charge in [0.1, 0.15) is 0 Å². The maximum Gasteiger partial charge on any atom is 0.155 e. The number of sulfone groups is 1. The van der Waals surface area contributed by atoms with E-state index in [1.807, 2.05) is 36.4 Å². The van der Waals surface area contributed by atoms with E-state index in [4.69, 9.17) is 0 Å². The monoisotopic (exact) mass is 355 g/mol. The molecule has 2 aromatic rings. The fraction of sp³-hybridized carbons (Fsp3) is 0.286. The van der Waals surface area contributed by atoms with Crippen LogP contribution < -0.4 is 5.32 Å². The maximum absolute atomic E-state index is 11.5. The zero-order chi connectivity index (χ0) is 14.3. The second-order valence-corrected chi connectivity index (χ2v) is 8.17. The minimum Gasteiger partial charge on any atom is -0.390 e. The van der Waals surface area contributed by atoms with E-state index in [0.717, 1.165) is 20.9 Å². The van der Waals surface area contributed by atoms with Crippen molar-refractivity contribution >= 4 is 42.2 Å². The van der Waals surface area contributed by atoms with Crippen molar-refractivity contribution in [2.75, 3.05) is 16.8 Å². The molecule has 1 heterocycles. The molecular weight excluding hydrogens is 342 g/mol. The minimum absolute atomic E-state index is 0.0213. The lowest BCUT2D eigenvalue weighted by atomic mass is 10.1. The summed E-state index contributed by atoms with van der Waals surface area (Å²) >= 11 is 3.43. The van der Waals surface area contributed by atoms with Crippen molar-refractivity contribution in [3.63, 3.8) is 0 Å². The maximum atomic E-state index is 11.5. The Labute approximate surface area is 125 Å². The zero-order valence-electron chi connectivity index (χ0n) is 10.6. The first kappa shape index (κ1) is 13.9. The molecule has 0 saturated carbocycles. The van der Waals surface area contributed by atoms with Crippen LogP contribution in [-0.2, 0) is 9.84 Å². The third-order valence-electron chi connectivity index (χ3n) is 3.48. The second kappa shape index (κ2) is 5.02. The van der Waals surface area contributed by atoms with Crippen molar-refractivity contribution in [1.82, 2.24) is 0 Å². The molecule has 20 heavy (non-hydrogen) atoms. The summed E-state index contributed by atoms with van der Waals surface area (Å²) in [5, 5.41) is 15.1. The van der Waals surface area contributed by atoms with Gasteiger partial charge < -0.3 is 10.4 Å². The van der Waals surface area contributed by atoms with Gasteiger partial charge in [0.05, 0.1) is 23.7 Å². The van der Waals surface area contributed by atoms with Crippen LogP contribution in [0.25, 0.3) is 10.8 Å². The Morgan fingerprint density at radius 3 is 2.50 bits per heavy atom. The van der Waals surface area contributed by atoms with Crippen LogP contribution >= 0.6 is 15.9 Å². The Kier molecular flexibility index (Phi) is 3.48. The van der Waals surface area contributed by atoms with Crippen molar-refractivity contribution in [1.29, 1.82) is 0 Å². The molecule has 6 heteroatoms. The molecule has 1 fully saturated rings. The molecule has 2 N–H and O–H groups in total. The minimum atomic E-state index is -3.13. The van der Waals surface area contributed by atoms with Crippen molar-refractivity contribution in [2.24, 2.45) is 0 Å². The zero-order valence-corrected chi connectivity index (χ0v) is 13.0. The van der Waals surface area contributed by atoms with Crippen LogP contribution in [0.3, 0.4) is 0 Å². The number of hydrogen-bond donors (Lipinski definition) is 2. The van der Waals surface area contributed by atoms with Gasteiger partial charge in [-0.3, -0.25) is 0 Å². The molecule has 2 atom stereocenters. The first-order chi connectivity index (χ1) is 9.43. The van der Waals surface area contributed by atoms with E-state index in [2.05, 4.69) is 21.2 Å². The van der Waals surface area contributed by atoms with Crippen molar-refractivity contribution in [3.05, 3.63) is 40.9 Å². The van der Waals surface area contributed by atoms with Crippen LogP contribution in [0.4, 0.5) is 5.69 Å². The van der Waals surface area contributed by atoms with Crippen molar-refractivity contribution < 1.29 is 13.5 Å². The average Bonchev–Trinajstić information content (AvgIpc) is 2.62. The van der Waals surface area contributed by atoms with Gasteiger partial charge in [0, 0.05) is 10.2 Å². The van der Waals surface area contributed by atoms with Gasteiger partial charge in [-0.2, -0.15) is 0 Å². The van der Waals surface area contributed by atoms with Crippen molar-refractivity contribution in [2.45, 2.75) is 12.1 Å². The SMILES string of the molecule is O=S1(=O)CC(O)C(Nc2ccc3cc(Br)ccc3c2)C1. The van der Waals surface area contributed by atoms with Gasteiger partial charge in [-0.05, 0) is 35.0 Å². The van der Waals surface area contributed by atoms with Gasteiger partial charge in [-0.25, -0.2) is 8.42 Å². The highest BCUT2D eigenvalue weighted by atomic mass is 79.9. The lowest BCUT2D eigenvalue weighted by molar-refractivity contribution is 0.190. The number of rotatable bonds is 2. The van der Waals surface area contributed by atoms with E-state index < -0.39 is 22.0 Å². The molecule has 0 aromatic heterocycles. The van der Waals surface area contributed by atoms with E-state index in [1.54, 1.807) is 0 Å². The van der Waals surface area contributed by atoms with E-state index >= 15 is 0 Å². The number of halogens is 1. The molecule has 0 spiro atoms. The van der Waals surface area contributed by atoms with E-state index in [0.29, 0.717) is 0 Å². The number of anilines is 1. The molecule has 0 radical (unpaired) electrons. The van der Waals surface area contributed by atoms with E-state index in [1.165, 1.54) is 0 Å². The summed E-state index contributed by atoms with van der Waals surface area (Å²) in [7, 11) is -3.13. The molecule has 2 unspecified atom stereocenters. The summed E-state index contributed by atoms with van der Waals surface area (Å²) < 4.78 is 24.0. The second-order valence-electron chi connectivity index (χ2n) is 5.10. The number of benzene rings is 2. The predicted molar refractivity (Wildman–Crippen MR) is 83.7 cm³/mol. The molecular formula is C14H14BrNO3S. The molecule has 2 aromatic carbocycles. The fourth-order valence-corrected chi connectivity index (χ4v) is 4.61. The third kappa shape index (κ3) is 2.82. The van der Waals surface area contributed by atoms with Gasteiger partial charge in [0.2, 0.25) is 0 Å². The summed E-state index contributed by atoms with van der Waals surface area (Å²) in [4.78, 5) is 0. The first-order valence-corrected chi connectivity index (χ1v) is 8.89. The van der Waals surface area contributed by atoms with Gasteiger partial charge >= 0.3 is 0 Å². The van der Waals surface area contributed by atoms with Crippen LogP contribution in [0.2, 0.25) is 0 Å². The molecule has 0 amide bonds. The first-order valence-electron chi connectivity index (χ1n) is 6.27. The predicted octanol–water partition coefficient (Wildman–Crippen LogP) is 2.17. The van der Waals surface area contributed by atoms with E-state index in [-0.39, 0.29) is 11.5 Å². The molecule has 1 saturated heterocycles. The lowest BCUT2D eigenvalue weighted by Crippen LogP contribution is -2.31. The highest BCUT2D eigenvalue weighted by Gasteiger charge is 2.36. The largest absolute Gasteiger partial charge is 0.390 e. The Balaban J connectivity index is 1.86. The summed E-state index contributed by atoms with van der Waals surface area (Å²) in [6, 6.07) is 11.4. The smallest absolute Gasteiger partial charge is 0.155 e. The number of aliphatic hydroxyl groups excluding tert-OH is 1. The van der Waals surface area contributed by atoms with Gasteiger partial charge in [0.25, 0.3) is 0 Å². The standard InChI is InChI=1S/C14H14BrNO3S/c15-11-3-1-10-6-12(4-2-9(10)5-11)16-13-7-20(18,19)8-14(13)17/h1-6,13-14,16-17H,7-8H2. The van der Waals surface area contributed by atoms with Gasteiger partial charge in [0.15, 0.2) is 9.84 Å². The molecule has 4 nitrogen and oxygen atoms in total. The Bertz CT molecular complexity index is 760. The molecule has 0 aliphatic carbocycles. The van der Waals surface area contributed by atoms with Crippen molar-refractivity contribution in [3.8, 4) is 0 Å². The summed E-state index contributed by atoms with van der Waals surface area (Å²) in [6.45, 7) is 0. The number of hydrogen-bond acceptors (Lipinski definition) is 4. The van der Waals surface area contributed by atoms with Crippen LogP contribution in [0.5, 0.6) is 0 Å². The molecule has 3 rings (SSSR count). The summed E-state index contributed by atoms with van der Waals surface area (Å²) in [5.74, 6) is -0.183. The summed E-state index contributed by atoms with van der Waals surface area (Å²) in [6.07, 6.45) is -0.847. The van der Waals surface area contributed by atoms with E-state index in [9.17, 15) is 13.5 Å². The molecule has 0 bridgehead atoms. The van der Waals surface area contributed by atoms with Crippen LogP contribution in [0.1, 0.15) is 0 Å². The average molecular weight is 356 g/mol. The lowest BCUT2D eigenvalue weighted by Gasteiger charge is -2.16. The number of fused-ring (bicyclic) bond motifs is 1. The normalized spacial score (nSPS) is 24.9. The Morgan fingerprint density at radius 1 is 1.10 bits per heavy atom. The van der Waals surface area contributed by atoms with Crippen LogP contribution in [0.15, 0.2) is 40.9 Å². The Hall–Kier alpha value is -1.11. The highest BCUT2D eigenvalue weighted by Crippen LogP contribution is 2.25. The molecule has 1 aliphatic heterocycles. The highest BCUT2D eigenvalue weighted by molar-refractivity contribution is 9.10. The third-order valence-corrected chi connectivity index (χ3v) is 5.69.